The van der Waals surface area contributed by atoms with Gasteiger partial charge in [0.15, 0.2) is 0 Å². The summed E-state index contributed by atoms with van der Waals surface area (Å²) in [5.74, 6) is -1.20. The van der Waals surface area contributed by atoms with Crippen molar-refractivity contribution >= 4 is 12.0 Å². The van der Waals surface area contributed by atoms with Gasteiger partial charge < -0.3 is 25.5 Å². The molecule has 4 N–H and O–H groups in total. The molecule has 0 aliphatic carbocycles. The highest BCUT2D eigenvalue weighted by molar-refractivity contribution is 5.82. The Kier molecular flexibility index (Phi) is 6.39. The summed E-state index contributed by atoms with van der Waals surface area (Å²) in [4.78, 5) is 23.1. The summed E-state index contributed by atoms with van der Waals surface area (Å²) in [5.41, 5.74) is 0. The number of likely N-dealkylation sites (N-methyl/N-ethyl adjacent to an activating group) is 1. The smallest absolute Gasteiger partial charge is 0.326 e. The summed E-state index contributed by atoms with van der Waals surface area (Å²) < 4.78 is 0. The summed E-state index contributed by atoms with van der Waals surface area (Å²) in [6.07, 6.45) is -0.0476. The molecule has 2 amide bonds. The fourth-order valence-corrected chi connectivity index (χ4v) is 0.897. The topological polar surface area (TPSA) is 110 Å². The van der Waals surface area contributed by atoms with E-state index in [0.717, 1.165) is 4.90 Å². The van der Waals surface area contributed by atoms with E-state index in [-0.39, 0.29) is 26.2 Å². The van der Waals surface area contributed by atoms with E-state index in [9.17, 15) is 9.59 Å². The van der Waals surface area contributed by atoms with Crippen molar-refractivity contribution in [2.45, 2.75) is 12.5 Å². The summed E-state index contributed by atoms with van der Waals surface area (Å²) >= 11 is 0. The number of carbonyl (C=O) groups excluding carboxylic acids is 1. The number of urea groups is 1. The molecule has 0 rings (SSSR count). The number of amides is 2. The molecule has 0 aliphatic rings. The van der Waals surface area contributed by atoms with Crippen molar-refractivity contribution in [3.05, 3.63) is 0 Å². The van der Waals surface area contributed by atoms with Crippen molar-refractivity contribution in [3.63, 3.8) is 0 Å². The second kappa shape index (κ2) is 7.02. The lowest BCUT2D eigenvalue weighted by atomic mass is 10.2. The zero-order chi connectivity index (χ0) is 11.8. The number of nitrogens with one attached hydrogen (secondary N) is 1. The number of carboxylic acid groups (broad SMARTS) is 1. The minimum Gasteiger partial charge on any atom is -0.480 e. The third-order valence-corrected chi connectivity index (χ3v) is 1.80. The van der Waals surface area contributed by atoms with Gasteiger partial charge in [0.25, 0.3) is 0 Å². The molecule has 0 aromatic heterocycles. The van der Waals surface area contributed by atoms with Crippen molar-refractivity contribution in [1.29, 1.82) is 0 Å². The highest BCUT2D eigenvalue weighted by Crippen LogP contribution is 1.93. The van der Waals surface area contributed by atoms with E-state index < -0.39 is 18.0 Å². The first kappa shape index (κ1) is 13.7. The van der Waals surface area contributed by atoms with Crippen molar-refractivity contribution in [2.24, 2.45) is 0 Å². The number of carbonyl (C=O) groups is 2. The number of aliphatic carboxylic acids is 1. The van der Waals surface area contributed by atoms with Crippen LogP contribution in [0.25, 0.3) is 0 Å². The minimum absolute atomic E-state index is 0.0476. The Morgan fingerprint density at radius 3 is 2.33 bits per heavy atom. The number of aliphatic hydroxyl groups is 2. The van der Waals surface area contributed by atoms with Crippen molar-refractivity contribution in [3.8, 4) is 0 Å². The van der Waals surface area contributed by atoms with Gasteiger partial charge in [0.05, 0.1) is 6.61 Å². The molecule has 0 aromatic rings. The molecule has 0 radical (unpaired) electrons. The molecule has 0 aliphatic heterocycles. The average molecular weight is 220 g/mol. The van der Waals surface area contributed by atoms with Gasteiger partial charge in [-0.05, 0) is 0 Å². The van der Waals surface area contributed by atoms with Crippen LogP contribution in [0.3, 0.4) is 0 Å². The standard InChI is InChI=1S/C8H16N2O5/c1-10(3-5-12)8(15)9-6(2-4-11)7(13)14/h6,11-12H,2-5H2,1H3,(H,9,15)(H,13,14). The molecule has 7 heteroatoms. The lowest BCUT2D eigenvalue weighted by Crippen LogP contribution is -2.47. The summed E-state index contributed by atoms with van der Waals surface area (Å²) in [7, 11) is 1.43. The molecule has 0 heterocycles. The van der Waals surface area contributed by atoms with Crippen LogP contribution in [0.4, 0.5) is 4.79 Å². The van der Waals surface area contributed by atoms with Crippen LogP contribution in [-0.2, 0) is 4.79 Å². The summed E-state index contributed by atoms with van der Waals surface area (Å²) in [6, 6.07) is -1.70. The van der Waals surface area contributed by atoms with E-state index in [4.69, 9.17) is 15.3 Å². The van der Waals surface area contributed by atoms with Crippen LogP contribution < -0.4 is 5.32 Å². The van der Waals surface area contributed by atoms with Gasteiger partial charge in [-0.25, -0.2) is 9.59 Å². The molecule has 15 heavy (non-hydrogen) atoms. The van der Waals surface area contributed by atoms with E-state index in [2.05, 4.69) is 5.32 Å². The summed E-state index contributed by atoms with van der Waals surface area (Å²) in [6.45, 7) is -0.389. The monoisotopic (exact) mass is 220 g/mol. The maximum absolute atomic E-state index is 11.3. The van der Waals surface area contributed by atoms with Crippen LogP contribution in [0, 0.1) is 0 Å². The Bertz CT molecular complexity index is 221. The van der Waals surface area contributed by atoms with Gasteiger partial charge in [0, 0.05) is 26.6 Å². The average Bonchev–Trinajstić information content (AvgIpc) is 2.17. The van der Waals surface area contributed by atoms with Crippen LogP contribution in [0.1, 0.15) is 6.42 Å². The highest BCUT2D eigenvalue weighted by Gasteiger charge is 2.20. The van der Waals surface area contributed by atoms with Crippen LogP contribution in [-0.4, -0.2) is 65.1 Å². The van der Waals surface area contributed by atoms with Gasteiger partial charge in [-0.1, -0.05) is 0 Å². The van der Waals surface area contributed by atoms with Gasteiger partial charge >= 0.3 is 12.0 Å². The van der Waals surface area contributed by atoms with Crippen LogP contribution in [0.2, 0.25) is 0 Å². The van der Waals surface area contributed by atoms with Gasteiger partial charge in [-0.3, -0.25) is 0 Å². The number of hydrogen-bond donors (Lipinski definition) is 4. The van der Waals surface area contributed by atoms with E-state index in [1.165, 1.54) is 7.05 Å². The molecule has 1 atom stereocenters. The van der Waals surface area contributed by atoms with Gasteiger partial charge in [0.1, 0.15) is 6.04 Å². The van der Waals surface area contributed by atoms with Crippen molar-refractivity contribution in [1.82, 2.24) is 10.2 Å². The zero-order valence-electron chi connectivity index (χ0n) is 8.51. The predicted molar refractivity (Wildman–Crippen MR) is 51.4 cm³/mol. The maximum Gasteiger partial charge on any atom is 0.326 e. The molecule has 0 saturated heterocycles. The third kappa shape index (κ3) is 5.18. The molecule has 0 saturated carbocycles. The van der Waals surface area contributed by atoms with Crippen molar-refractivity contribution in [2.75, 3.05) is 26.8 Å². The molecule has 0 aromatic carbocycles. The Morgan fingerprint density at radius 2 is 1.93 bits per heavy atom. The van der Waals surface area contributed by atoms with Crippen LogP contribution in [0.5, 0.6) is 0 Å². The Morgan fingerprint density at radius 1 is 1.33 bits per heavy atom. The summed E-state index contributed by atoms with van der Waals surface area (Å²) in [5, 5.41) is 28.0. The molecule has 0 spiro atoms. The normalized spacial score (nSPS) is 11.9. The van der Waals surface area contributed by atoms with E-state index in [0.29, 0.717) is 0 Å². The fourth-order valence-electron chi connectivity index (χ4n) is 0.897. The molecule has 88 valence electrons. The number of carboxylic acids is 1. The Balaban J connectivity index is 4.15. The number of aliphatic hydroxyl groups excluding tert-OH is 2. The van der Waals surface area contributed by atoms with Gasteiger partial charge in [-0.15, -0.1) is 0 Å². The van der Waals surface area contributed by atoms with Crippen molar-refractivity contribution < 1.29 is 24.9 Å². The Labute approximate surface area is 87.3 Å². The number of hydrogen-bond acceptors (Lipinski definition) is 4. The molecule has 0 fully saturated rings. The fraction of sp³-hybridized carbons (Fsp3) is 0.750. The zero-order valence-corrected chi connectivity index (χ0v) is 8.51. The Hall–Kier alpha value is -1.34. The largest absolute Gasteiger partial charge is 0.480 e. The van der Waals surface area contributed by atoms with Crippen LogP contribution in [0.15, 0.2) is 0 Å². The first-order valence-corrected chi connectivity index (χ1v) is 4.49. The quantitative estimate of drug-likeness (QED) is 0.433. The van der Waals surface area contributed by atoms with E-state index >= 15 is 0 Å². The first-order valence-electron chi connectivity index (χ1n) is 4.49. The van der Waals surface area contributed by atoms with Gasteiger partial charge in [-0.2, -0.15) is 0 Å². The lowest BCUT2D eigenvalue weighted by Gasteiger charge is -2.20. The van der Waals surface area contributed by atoms with Gasteiger partial charge in [0.2, 0.25) is 0 Å². The third-order valence-electron chi connectivity index (χ3n) is 1.80. The molecule has 0 bridgehead atoms. The molecular formula is C8H16N2O5. The minimum atomic E-state index is -1.20. The first-order chi connectivity index (χ1) is 7.02. The number of rotatable bonds is 6. The second-order valence-electron chi connectivity index (χ2n) is 3.00. The molecule has 1 unspecified atom stereocenters. The van der Waals surface area contributed by atoms with Crippen LogP contribution >= 0.6 is 0 Å². The maximum atomic E-state index is 11.3. The molecular weight excluding hydrogens is 204 g/mol. The predicted octanol–water partition coefficient (Wildman–Crippen LogP) is -1.54. The van der Waals surface area contributed by atoms with E-state index in [1.54, 1.807) is 0 Å². The SMILES string of the molecule is CN(CCO)C(=O)NC(CCO)C(=O)O. The lowest BCUT2D eigenvalue weighted by molar-refractivity contribution is -0.139. The number of nitrogens with zero attached hydrogens (tertiary/aromatic N) is 1. The van der Waals surface area contributed by atoms with E-state index in [1.807, 2.05) is 0 Å². The molecule has 7 nitrogen and oxygen atoms in total. The highest BCUT2D eigenvalue weighted by atomic mass is 16.4. The second-order valence-corrected chi connectivity index (χ2v) is 3.00.